The summed E-state index contributed by atoms with van der Waals surface area (Å²) in [5.74, 6) is -0.675. The smallest absolute Gasteiger partial charge is 0.356 e. The number of fused-ring (bicyclic) bond motifs is 1. The van der Waals surface area contributed by atoms with Crippen LogP contribution in [0.25, 0.3) is 10.9 Å². The lowest BCUT2D eigenvalue weighted by molar-refractivity contribution is 0.0594. The topological polar surface area (TPSA) is 48.4 Å². The Kier molecular flexibility index (Phi) is 2.91. The SMILES string of the molecule is COC(=O)c1ccc2cc(F)cc(OC)c2n1. The highest BCUT2D eigenvalue weighted by atomic mass is 19.1. The minimum Gasteiger partial charge on any atom is -0.494 e. The van der Waals surface area contributed by atoms with Crippen LogP contribution in [0, 0.1) is 5.82 Å². The van der Waals surface area contributed by atoms with Gasteiger partial charge in [-0.3, -0.25) is 0 Å². The predicted octanol–water partition coefficient (Wildman–Crippen LogP) is 2.17. The van der Waals surface area contributed by atoms with Crippen LogP contribution >= 0.6 is 0 Å². The van der Waals surface area contributed by atoms with Gasteiger partial charge in [-0.2, -0.15) is 0 Å². The van der Waals surface area contributed by atoms with Crippen molar-refractivity contribution in [3.05, 3.63) is 35.8 Å². The van der Waals surface area contributed by atoms with E-state index in [0.717, 1.165) is 0 Å². The minimum absolute atomic E-state index is 0.157. The highest BCUT2D eigenvalue weighted by molar-refractivity contribution is 5.92. The molecule has 0 bridgehead atoms. The molecule has 0 unspecified atom stereocenters. The number of aromatic nitrogens is 1. The summed E-state index contributed by atoms with van der Waals surface area (Å²) < 4.78 is 22.8. The molecular weight excluding hydrogens is 225 g/mol. The Bertz CT molecular complexity index is 583. The van der Waals surface area contributed by atoms with Crippen molar-refractivity contribution in [1.82, 2.24) is 4.98 Å². The number of rotatable bonds is 2. The fraction of sp³-hybridized carbons (Fsp3) is 0.167. The van der Waals surface area contributed by atoms with Crippen molar-refractivity contribution in [1.29, 1.82) is 0 Å². The Morgan fingerprint density at radius 1 is 1.29 bits per heavy atom. The van der Waals surface area contributed by atoms with Crippen LogP contribution in [0.5, 0.6) is 5.75 Å². The Hall–Kier alpha value is -2.17. The number of esters is 1. The predicted molar refractivity (Wildman–Crippen MR) is 59.6 cm³/mol. The average Bonchev–Trinajstić information content (AvgIpc) is 2.36. The Labute approximate surface area is 97.0 Å². The van der Waals surface area contributed by atoms with Crippen LogP contribution in [0.3, 0.4) is 0 Å². The van der Waals surface area contributed by atoms with Gasteiger partial charge in [-0.25, -0.2) is 14.2 Å². The van der Waals surface area contributed by atoms with Crippen LogP contribution in [-0.2, 0) is 4.74 Å². The number of hydrogen-bond donors (Lipinski definition) is 0. The van der Waals surface area contributed by atoms with Gasteiger partial charge in [0, 0.05) is 11.5 Å². The van der Waals surface area contributed by atoms with Crippen molar-refractivity contribution >= 4 is 16.9 Å². The second-order valence-electron chi connectivity index (χ2n) is 3.37. The summed E-state index contributed by atoms with van der Waals surface area (Å²) in [4.78, 5) is 15.4. The average molecular weight is 235 g/mol. The first-order valence-corrected chi connectivity index (χ1v) is 4.88. The summed E-state index contributed by atoms with van der Waals surface area (Å²) in [6, 6.07) is 5.62. The summed E-state index contributed by atoms with van der Waals surface area (Å²) >= 11 is 0. The van der Waals surface area contributed by atoms with Crippen molar-refractivity contribution in [2.45, 2.75) is 0 Å². The Balaban J connectivity index is 2.67. The van der Waals surface area contributed by atoms with Gasteiger partial charge < -0.3 is 9.47 Å². The van der Waals surface area contributed by atoms with Crippen LogP contribution in [-0.4, -0.2) is 25.2 Å². The number of benzene rings is 1. The van der Waals surface area contributed by atoms with Gasteiger partial charge in [0.2, 0.25) is 0 Å². The maximum absolute atomic E-state index is 13.2. The highest BCUT2D eigenvalue weighted by Gasteiger charge is 2.11. The quantitative estimate of drug-likeness (QED) is 0.748. The second-order valence-corrected chi connectivity index (χ2v) is 3.37. The normalized spacial score (nSPS) is 10.3. The molecule has 0 aliphatic rings. The number of carbonyl (C=O) groups is 1. The monoisotopic (exact) mass is 235 g/mol. The first-order chi connectivity index (χ1) is 8.15. The van der Waals surface area contributed by atoms with Gasteiger partial charge in [0.15, 0.2) is 0 Å². The summed E-state index contributed by atoms with van der Waals surface area (Å²) in [6.45, 7) is 0. The molecular formula is C12H10FNO3. The molecule has 1 heterocycles. The van der Waals surface area contributed by atoms with Crippen molar-refractivity contribution in [2.24, 2.45) is 0 Å². The fourth-order valence-electron chi connectivity index (χ4n) is 1.54. The third-order valence-corrected chi connectivity index (χ3v) is 2.34. The molecule has 0 fully saturated rings. The van der Waals surface area contributed by atoms with Crippen LogP contribution in [0.4, 0.5) is 4.39 Å². The third-order valence-electron chi connectivity index (χ3n) is 2.34. The number of hydrogen-bond acceptors (Lipinski definition) is 4. The lowest BCUT2D eigenvalue weighted by Gasteiger charge is -2.06. The van der Waals surface area contributed by atoms with Crippen LogP contribution in [0.2, 0.25) is 0 Å². The molecule has 0 amide bonds. The molecule has 0 saturated carbocycles. The van der Waals surface area contributed by atoms with E-state index < -0.39 is 11.8 Å². The third kappa shape index (κ3) is 2.04. The van der Waals surface area contributed by atoms with Crippen molar-refractivity contribution < 1.29 is 18.7 Å². The molecule has 5 heteroatoms. The number of carbonyl (C=O) groups excluding carboxylic acids is 1. The van der Waals surface area contributed by atoms with Crippen molar-refractivity contribution in [3.63, 3.8) is 0 Å². The lowest BCUT2D eigenvalue weighted by Crippen LogP contribution is -2.04. The largest absolute Gasteiger partial charge is 0.494 e. The van der Waals surface area contributed by atoms with E-state index in [2.05, 4.69) is 9.72 Å². The molecule has 17 heavy (non-hydrogen) atoms. The number of methoxy groups -OCH3 is 2. The van der Waals surface area contributed by atoms with Crippen molar-refractivity contribution in [2.75, 3.05) is 14.2 Å². The van der Waals surface area contributed by atoms with E-state index in [-0.39, 0.29) is 11.4 Å². The zero-order chi connectivity index (χ0) is 12.4. The standard InChI is InChI=1S/C12H10FNO3/c1-16-10-6-8(13)5-7-3-4-9(12(15)17-2)14-11(7)10/h3-6H,1-2H3. The zero-order valence-electron chi connectivity index (χ0n) is 9.36. The first kappa shape index (κ1) is 11.3. The molecule has 0 spiro atoms. The number of nitrogens with zero attached hydrogens (tertiary/aromatic N) is 1. The van der Waals surface area contributed by atoms with Crippen LogP contribution < -0.4 is 4.74 Å². The molecule has 0 aliphatic carbocycles. The molecule has 1 aromatic heterocycles. The van der Waals surface area contributed by atoms with Gasteiger partial charge in [0.25, 0.3) is 0 Å². The minimum atomic E-state index is -0.543. The molecule has 4 nitrogen and oxygen atoms in total. The van der Waals surface area contributed by atoms with Gasteiger partial charge in [-0.1, -0.05) is 6.07 Å². The maximum atomic E-state index is 13.2. The fourth-order valence-corrected chi connectivity index (χ4v) is 1.54. The zero-order valence-corrected chi connectivity index (χ0v) is 9.36. The van der Waals surface area contributed by atoms with Gasteiger partial charge in [-0.15, -0.1) is 0 Å². The number of halogens is 1. The summed E-state index contributed by atoms with van der Waals surface area (Å²) in [5, 5.41) is 0.564. The highest BCUT2D eigenvalue weighted by Crippen LogP contribution is 2.25. The second kappa shape index (κ2) is 4.37. The summed E-state index contributed by atoms with van der Waals surface area (Å²) in [6.07, 6.45) is 0. The van der Waals surface area contributed by atoms with E-state index in [1.54, 1.807) is 6.07 Å². The Morgan fingerprint density at radius 3 is 2.71 bits per heavy atom. The molecule has 0 aliphatic heterocycles. The van der Waals surface area contributed by atoms with Gasteiger partial charge in [0.1, 0.15) is 22.8 Å². The number of pyridine rings is 1. The van der Waals surface area contributed by atoms with E-state index >= 15 is 0 Å². The maximum Gasteiger partial charge on any atom is 0.356 e. The Morgan fingerprint density at radius 2 is 2.06 bits per heavy atom. The van der Waals surface area contributed by atoms with Crippen molar-refractivity contribution in [3.8, 4) is 5.75 Å². The van der Waals surface area contributed by atoms with Gasteiger partial charge in [-0.05, 0) is 12.1 Å². The van der Waals surface area contributed by atoms with E-state index in [1.165, 1.54) is 32.4 Å². The van der Waals surface area contributed by atoms with E-state index in [9.17, 15) is 9.18 Å². The first-order valence-electron chi connectivity index (χ1n) is 4.88. The molecule has 88 valence electrons. The van der Waals surface area contributed by atoms with Crippen LogP contribution in [0.15, 0.2) is 24.3 Å². The molecule has 0 N–H and O–H groups in total. The lowest BCUT2D eigenvalue weighted by atomic mass is 10.2. The molecule has 0 radical (unpaired) electrons. The molecule has 0 atom stereocenters. The molecule has 1 aromatic carbocycles. The molecule has 0 saturated heterocycles. The van der Waals surface area contributed by atoms with Gasteiger partial charge >= 0.3 is 5.97 Å². The van der Waals surface area contributed by atoms with E-state index in [4.69, 9.17) is 4.74 Å². The summed E-state index contributed by atoms with van der Waals surface area (Å²) in [7, 11) is 2.69. The molecule has 2 aromatic rings. The van der Waals surface area contributed by atoms with E-state index in [0.29, 0.717) is 10.9 Å². The van der Waals surface area contributed by atoms with Gasteiger partial charge in [0.05, 0.1) is 14.2 Å². The molecule has 2 rings (SSSR count). The van der Waals surface area contributed by atoms with Crippen LogP contribution in [0.1, 0.15) is 10.5 Å². The number of ether oxygens (including phenoxy) is 2. The summed E-state index contributed by atoms with van der Waals surface area (Å²) in [5.41, 5.74) is 0.585. The van der Waals surface area contributed by atoms with E-state index in [1.807, 2.05) is 0 Å².